The molecule has 1 aromatic carbocycles. The normalized spacial score (nSPS) is 30.6. The number of carbonyl (C=O) groups excluding carboxylic acids is 3. The number of phenols is 1. The van der Waals surface area contributed by atoms with Gasteiger partial charge >= 0.3 is 5.97 Å². The fourth-order valence-electron chi connectivity index (χ4n) is 4.26. The number of imide groups is 1. The van der Waals surface area contributed by atoms with E-state index >= 15 is 0 Å². The summed E-state index contributed by atoms with van der Waals surface area (Å²) in [6.07, 6.45) is 0.332. The molecular formula is C19H24N2O5. The molecule has 0 radical (unpaired) electrons. The van der Waals surface area contributed by atoms with E-state index in [1.54, 1.807) is 26.0 Å². The number of aromatic hydroxyl groups is 1. The summed E-state index contributed by atoms with van der Waals surface area (Å²) in [6.45, 7) is 5.74. The van der Waals surface area contributed by atoms with Crippen molar-refractivity contribution in [1.29, 1.82) is 0 Å². The van der Waals surface area contributed by atoms with Gasteiger partial charge in [-0.05, 0) is 38.0 Å². The van der Waals surface area contributed by atoms with Crippen LogP contribution in [0.1, 0.15) is 38.8 Å². The first-order valence-electron chi connectivity index (χ1n) is 9.00. The second-order valence-corrected chi connectivity index (χ2v) is 6.68. The van der Waals surface area contributed by atoms with Gasteiger partial charge in [-0.2, -0.15) is 0 Å². The number of hydrogen-bond acceptors (Lipinski definition) is 6. The Hall–Kier alpha value is -2.41. The number of esters is 1. The summed E-state index contributed by atoms with van der Waals surface area (Å²) in [5.41, 5.74) is -0.489. The first-order valence-corrected chi connectivity index (χ1v) is 9.00. The summed E-state index contributed by atoms with van der Waals surface area (Å²) < 4.78 is 5.26. The number of likely N-dealkylation sites (tertiary alicyclic amines) is 1. The molecule has 0 spiro atoms. The van der Waals surface area contributed by atoms with E-state index in [2.05, 4.69) is 5.32 Å². The van der Waals surface area contributed by atoms with Gasteiger partial charge < -0.3 is 9.84 Å². The average molecular weight is 360 g/mol. The summed E-state index contributed by atoms with van der Waals surface area (Å²) in [7, 11) is 0. The van der Waals surface area contributed by atoms with Gasteiger partial charge in [-0.1, -0.05) is 19.1 Å². The van der Waals surface area contributed by atoms with Gasteiger partial charge in [-0.15, -0.1) is 0 Å². The van der Waals surface area contributed by atoms with Gasteiger partial charge in [0.15, 0.2) is 0 Å². The number of ether oxygens (including phenoxy) is 1. The van der Waals surface area contributed by atoms with Gasteiger partial charge in [0, 0.05) is 12.6 Å². The topological polar surface area (TPSA) is 95.9 Å². The summed E-state index contributed by atoms with van der Waals surface area (Å²) >= 11 is 0. The molecule has 4 atom stereocenters. The number of rotatable bonds is 5. The number of phenolic OH excluding ortho intramolecular Hbond substituents is 1. The molecule has 0 aromatic heterocycles. The van der Waals surface area contributed by atoms with Gasteiger partial charge in [0.25, 0.3) is 0 Å². The monoisotopic (exact) mass is 360 g/mol. The molecular weight excluding hydrogens is 336 g/mol. The predicted octanol–water partition coefficient (Wildman–Crippen LogP) is 1.37. The third-order valence-electron chi connectivity index (χ3n) is 5.51. The lowest BCUT2D eigenvalue weighted by atomic mass is 9.78. The minimum absolute atomic E-state index is 0.111. The quantitative estimate of drug-likeness (QED) is 0.608. The highest BCUT2D eigenvalue weighted by Gasteiger charge is 2.67. The van der Waals surface area contributed by atoms with Crippen LogP contribution in [0.5, 0.6) is 5.75 Å². The van der Waals surface area contributed by atoms with Crippen molar-refractivity contribution in [3.63, 3.8) is 0 Å². The van der Waals surface area contributed by atoms with E-state index in [4.69, 9.17) is 4.74 Å². The van der Waals surface area contributed by atoms with Crippen molar-refractivity contribution in [3.05, 3.63) is 29.8 Å². The maximum Gasteiger partial charge on any atom is 0.327 e. The molecule has 2 aliphatic rings. The lowest BCUT2D eigenvalue weighted by molar-refractivity contribution is -0.156. The largest absolute Gasteiger partial charge is 0.508 e. The average Bonchev–Trinajstić information content (AvgIpc) is 3.11. The zero-order valence-corrected chi connectivity index (χ0v) is 15.2. The van der Waals surface area contributed by atoms with Gasteiger partial charge in [0.05, 0.1) is 18.4 Å². The Labute approximate surface area is 152 Å². The predicted molar refractivity (Wildman–Crippen MR) is 93.0 cm³/mol. The molecule has 2 fully saturated rings. The van der Waals surface area contributed by atoms with E-state index in [1.165, 1.54) is 17.0 Å². The molecule has 2 N–H and O–H groups in total. The molecule has 3 rings (SSSR count). The smallest absolute Gasteiger partial charge is 0.327 e. The van der Waals surface area contributed by atoms with Gasteiger partial charge in [0.2, 0.25) is 11.8 Å². The SMILES string of the molecule is CCOC(=O)[C@]1(CC)N[C@H](c2ccc(O)cc2)[C@H]2C(=O)N(CC)C(=O)[C@@H]21. The lowest BCUT2D eigenvalue weighted by Gasteiger charge is -2.31. The number of nitrogens with zero attached hydrogens (tertiary/aromatic N) is 1. The van der Waals surface area contributed by atoms with E-state index < -0.39 is 29.4 Å². The Bertz CT molecular complexity index is 732. The van der Waals surface area contributed by atoms with Crippen LogP contribution in [0.25, 0.3) is 0 Å². The van der Waals surface area contributed by atoms with Crippen molar-refractivity contribution >= 4 is 17.8 Å². The Morgan fingerprint density at radius 3 is 2.38 bits per heavy atom. The minimum atomic E-state index is -1.24. The van der Waals surface area contributed by atoms with E-state index in [0.717, 1.165) is 5.56 Å². The van der Waals surface area contributed by atoms with E-state index in [9.17, 15) is 19.5 Å². The fraction of sp³-hybridized carbons (Fsp3) is 0.526. The van der Waals surface area contributed by atoms with Gasteiger partial charge in [-0.3, -0.25) is 24.6 Å². The molecule has 2 amide bonds. The summed E-state index contributed by atoms with van der Waals surface area (Å²) in [5.74, 6) is -2.45. The van der Waals surface area contributed by atoms with Crippen LogP contribution in [0.2, 0.25) is 0 Å². The van der Waals surface area contributed by atoms with Crippen molar-refractivity contribution in [2.75, 3.05) is 13.2 Å². The zero-order valence-electron chi connectivity index (χ0n) is 15.2. The van der Waals surface area contributed by atoms with Crippen molar-refractivity contribution in [2.45, 2.75) is 38.8 Å². The van der Waals surface area contributed by atoms with Crippen LogP contribution in [-0.2, 0) is 19.1 Å². The molecule has 2 aliphatic heterocycles. The number of fused-ring (bicyclic) bond motifs is 1. The van der Waals surface area contributed by atoms with Crippen LogP contribution in [0.4, 0.5) is 0 Å². The zero-order chi connectivity index (χ0) is 19.1. The fourth-order valence-corrected chi connectivity index (χ4v) is 4.26. The molecule has 2 saturated heterocycles. The number of nitrogens with one attached hydrogen (secondary N) is 1. The highest BCUT2D eigenvalue weighted by molar-refractivity contribution is 6.09. The summed E-state index contributed by atoms with van der Waals surface area (Å²) in [6, 6.07) is 5.96. The number of hydrogen-bond donors (Lipinski definition) is 2. The first-order chi connectivity index (χ1) is 12.4. The number of benzene rings is 1. The Balaban J connectivity index is 2.11. The standard InChI is InChI=1S/C19H24N2O5/c1-4-19(18(25)26-6-3)14-13(16(23)21(5-2)17(14)24)15(20-19)11-7-9-12(22)10-8-11/h7-10,13-15,20,22H,4-6H2,1-3H3/t13-,14+,15+,19+/m0/s1. The highest BCUT2D eigenvalue weighted by Crippen LogP contribution is 2.50. The third-order valence-corrected chi connectivity index (χ3v) is 5.51. The van der Waals surface area contributed by atoms with Crippen molar-refractivity contribution in [2.24, 2.45) is 11.8 Å². The van der Waals surface area contributed by atoms with E-state index in [1.807, 2.05) is 6.92 Å². The van der Waals surface area contributed by atoms with Crippen LogP contribution in [0.3, 0.4) is 0 Å². The first kappa shape index (κ1) is 18.4. The summed E-state index contributed by atoms with van der Waals surface area (Å²) in [5, 5.41) is 12.8. The van der Waals surface area contributed by atoms with Crippen molar-refractivity contribution in [1.82, 2.24) is 10.2 Å². The third kappa shape index (κ3) is 2.49. The lowest BCUT2D eigenvalue weighted by Crippen LogP contribution is -2.56. The van der Waals surface area contributed by atoms with Crippen molar-refractivity contribution < 1.29 is 24.2 Å². The minimum Gasteiger partial charge on any atom is -0.508 e. The Kier molecular flexibility index (Phi) is 4.75. The molecule has 2 heterocycles. The second kappa shape index (κ2) is 6.72. The Morgan fingerprint density at radius 1 is 1.19 bits per heavy atom. The molecule has 0 saturated carbocycles. The van der Waals surface area contributed by atoms with Crippen LogP contribution in [0, 0.1) is 11.8 Å². The van der Waals surface area contributed by atoms with Crippen molar-refractivity contribution in [3.8, 4) is 5.75 Å². The molecule has 0 unspecified atom stereocenters. The van der Waals surface area contributed by atoms with Gasteiger partial charge in [0.1, 0.15) is 11.3 Å². The molecule has 1 aromatic rings. The number of carbonyl (C=O) groups is 3. The molecule has 0 aliphatic carbocycles. The molecule has 140 valence electrons. The van der Waals surface area contributed by atoms with Crippen LogP contribution in [-0.4, -0.2) is 46.5 Å². The van der Waals surface area contributed by atoms with E-state index in [0.29, 0.717) is 6.42 Å². The van der Waals surface area contributed by atoms with Crippen LogP contribution in [0.15, 0.2) is 24.3 Å². The molecule has 7 nitrogen and oxygen atoms in total. The van der Waals surface area contributed by atoms with Crippen LogP contribution >= 0.6 is 0 Å². The maximum atomic E-state index is 13.0. The van der Waals surface area contributed by atoms with Crippen LogP contribution < -0.4 is 5.32 Å². The molecule has 7 heteroatoms. The maximum absolute atomic E-state index is 13.0. The van der Waals surface area contributed by atoms with E-state index in [-0.39, 0.29) is 30.7 Å². The summed E-state index contributed by atoms with van der Waals surface area (Å²) in [4.78, 5) is 39.9. The van der Waals surface area contributed by atoms with Gasteiger partial charge in [-0.25, -0.2) is 0 Å². The number of amides is 2. The second-order valence-electron chi connectivity index (χ2n) is 6.68. The highest BCUT2D eigenvalue weighted by atomic mass is 16.5. The molecule has 26 heavy (non-hydrogen) atoms. The molecule has 0 bridgehead atoms. The Morgan fingerprint density at radius 2 is 1.85 bits per heavy atom.